The van der Waals surface area contributed by atoms with Crippen LogP contribution < -0.4 is 0 Å². The van der Waals surface area contributed by atoms with E-state index in [-0.39, 0.29) is 5.38 Å². The van der Waals surface area contributed by atoms with Crippen LogP contribution in [0.1, 0.15) is 32.3 Å². The molecule has 0 fully saturated rings. The molecule has 0 aliphatic rings. The topological polar surface area (TPSA) is 0 Å². The average Bonchev–Trinajstić information content (AvgIpc) is 2.24. The standard InChI is InChI=1S/C13H17Cl3/c1-9(2)11(14)7-3-5-10-6-4-8-12(15)13(10)16/h4,6,8-9,11H,3,5,7H2,1-2H3. The summed E-state index contributed by atoms with van der Waals surface area (Å²) in [5.41, 5.74) is 1.11. The van der Waals surface area contributed by atoms with Gasteiger partial charge in [-0.1, -0.05) is 49.2 Å². The van der Waals surface area contributed by atoms with Gasteiger partial charge in [0.05, 0.1) is 10.0 Å². The number of aryl methyl sites for hydroxylation is 1. The van der Waals surface area contributed by atoms with Crippen molar-refractivity contribution in [3.05, 3.63) is 33.8 Å². The highest BCUT2D eigenvalue weighted by molar-refractivity contribution is 6.42. The fourth-order valence-electron chi connectivity index (χ4n) is 1.56. The summed E-state index contributed by atoms with van der Waals surface area (Å²) in [5, 5.41) is 1.56. The maximum Gasteiger partial charge on any atom is 0.0624 e. The Hall–Kier alpha value is 0.0900. The van der Waals surface area contributed by atoms with Gasteiger partial charge < -0.3 is 0 Å². The highest BCUT2D eigenvalue weighted by Crippen LogP contribution is 2.27. The summed E-state index contributed by atoms with van der Waals surface area (Å²) in [6.45, 7) is 4.29. The molecule has 0 spiro atoms. The number of hydrogen-bond donors (Lipinski definition) is 0. The zero-order chi connectivity index (χ0) is 12.1. The second-order valence-electron chi connectivity index (χ2n) is 4.37. The zero-order valence-corrected chi connectivity index (χ0v) is 11.9. The molecule has 0 nitrogen and oxygen atoms in total. The minimum absolute atomic E-state index is 0.248. The largest absolute Gasteiger partial charge is 0.123 e. The van der Waals surface area contributed by atoms with Gasteiger partial charge in [-0.3, -0.25) is 0 Å². The van der Waals surface area contributed by atoms with Crippen LogP contribution in [0.5, 0.6) is 0 Å². The van der Waals surface area contributed by atoms with Crippen molar-refractivity contribution in [1.82, 2.24) is 0 Å². The first kappa shape index (κ1) is 14.2. The highest BCUT2D eigenvalue weighted by Gasteiger charge is 2.10. The van der Waals surface area contributed by atoms with E-state index in [1.807, 2.05) is 18.2 Å². The van der Waals surface area contributed by atoms with Gasteiger partial charge in [-0.2, -0.15) is 0 Å². The molecule has 0 N–H and O–H groups in total. The number of hydrogen-bond acceptors (Lipinski definition) is 0. The van der Waals surface area contributed by atoms with Gasteiger partial charge in [0.1, 0.15) is 0 Å². The fourth-order valence-corrected chi connectivity index (χ4v) is 2.13. The van der Waals surface area contributed by atoms with Crippen molar-refractivity contribution in [3.8, 4) is 0 Å². The van der Waals surface area contributed by atoms with Crippen LogP contribution in [0.15, 0.2) is 18.2 Å². The smallest absolute Gasteiger partial charge is 0.0624 e. The van der Waals surface area contributed by atoms with E-state index in [0.29, 0.717) is 16.0 Å². The van der Waals surface area contributed by atoms with E-state index in [2.05, 4.69) is 13.8 Å². The Morgan fingerprint density at radius 2 is 1.88 bits per heavy atom. The fraction of sp³-hybridized carbons (Fsp3) is 0.538. The molecule has 0 bridgehead atoms. The van der Waals surface area contributed by atoms with Crippen molar-refractivity contribution in [2.75, 3.05) is 0 Å². The van der Waals surface area contributed by atoms with Crippen LogP contribution in [0.4, 0.5) is 0 Å². The molecule has 0 radical (unpaired) electrons. The Bertz CT molecular complexity index is 334. The average molecular weight is 280 g/mol. The van der Waals surface area contributed by atoms with Gasteiger partial charge in [0.2, 0.25) is 0 Å². The summed E-state index contributed by atoms with van der Waals surface area (Å²) in [6, 6.07) is 5.77. The van der Waals surface area contributed by atoms with Gasteiger partial charge >= 0.3 is 0 Å². The van der Waals surface area contributed by atoms with E-state index in [4.69, 9.17) is 34.8 Å². The summed E-state index contributed by atoms with van der Waals surface area (Å²) in [7, 11) is 0. The normalized spacial score (nSPS) is 13.1. The summed E-state index contributed by atoms with van der Waals surface area (Å²) in [6.07, 6.45) is 3.00. The van der Waals surface area contributed by atoms with Crippen LogP contribution in [0.3, 0.4) is 0 Å². The maximum atomic E-state index is 6.19. The predicted octanol–water partition coefficient (Wildman–Crippen LogP) is 5.58. The molecular formula is C13H17Cl3. The Morgan fingerprint density at radius 3 is 2.50 bits per heavy atom. The SMILES string of the molecule is CC(C)C(Cl)CCCc1cccc(Cl)c1Cl. The minimum Gasteiger partial charge on any atom is -0.123 e. The molecule has 0 aliphatic carbocycles. The lowest BCUT2D eigenvalue weighted by Crippen LogP contribution is -2.07. The quantitative estimate of drug-likeness (QED) is 0.617. The molecule has 0 heterocycles. The van der Waals surface area contributed by atoms with Crippen molar-refractivity contribution in [3.63, 3.8) is 0 Å². The monoisotopic (exact) mass is 278 g/mol. The summed E-state index contributed by atoms with van der Waals surface area (Å²) in [4.78, 5) is 0. The summed E-state index contributed by atoms with van der Waals surface area (Å²) < 4.78 is 0. The third kappa shape index (κ3) is 4.16. The van der Waals surface area contributed by atoms with Gasteiger partial charge in [0, 0.05) is 5.38 Å². The van der Waals surface area contributed by atoms with Gasteiger partial charge in [-0.25, -0.2) is 0 Å². The van der Waals surface area contributed by atoms with Crippen molar-refractivity contribution in [2.45, 2.75) is 38.5 Å². The molecule has 90 valence electrons. The van der Waals surface area contributed by atoms with E-state index in [1.54, 1.807) is 0 Å². The molecule has 1 atom stereocenters. The summed E-state index contributed by atoms with van der Waals surface area (Å²) >= 11 is 18.2. The van der Waals surface area contributed by atoms with Crippen LogP contribution in [-0.4, -0.2) is 5.38 Å². The van der Waals surface area contributed by atoms with E-state index >= 15 is 0 Å². The van der Waals surface area contributed by atoms with Crippen LogP contribution in [-0.2, 0) is 6.42 Å². The third-order valence-corrected chi connectivity index (χ3v) is 4.26. The number of rotatable bonds is 5. The second kappa shape index (κ2) is 6.74. The van der Waals surface area contributed by atoms with Gasteiger partial charge in [-0.05, 0) is 36.8 Å². The molecule has 1 rings (SSSR count). The first-order valence-corrected chi connectivity index (χ1v) is 6.78. The van der Waals surface area contributed by atoms with E-state index in [1.165, 1.54) is 0 Å². The predicted molar refractivity (Wildman–Crippen MR) is 73.9 cm³/mol. The first-order valence-electron chi connectivity index (χ1n) is 5.59. The van der Waals surface area contributed by atoms with Crippen LogP contribution in [0, 0.1) is 5.92 Å². The molecule has 0 amide bonds. The van der Waals surface area contributed by atoms with Crippen molar-refractivity contribution in [1.29, 1.82) is 0 Å². The Morgan fingerprint density at radius 1 is 1.19 bits per heavy atom. The molecular weight excluding hydrogens is 263 g/mol. The lowest BCUT2D eigenvalue weighted by atomic mass is 10.0. The first-order chi connectivity index (χ1) is 7.52. The molecule has 1 unspecified atom stereocenters. The van der Waals surface area contributed by atoms with Crippen LogP contribution in [0.2, 0.25) is 10.0 Å². The minimum atomic E-state index is 0.248. The highest BCUT2D eigenvalue weighted by atomic mass is 35.5. The second-order valence-corrected chi connectivity index (χ2v) is 5.71. The van der Waals surface area contributed by atoms with Gasteiger partial charge in [0.15, 0.2) is 0 Å². The molecule has 1 aromatic carbocycles. The molecule has 0 aliphatic heterocycles. The number of alkyl halides is 1. The number of halogens is 3. The maximum absolute atomic E-state index is 6.19. The number of benzene rings is 1. The molecule has 1 aromatic rings. The molecule has 0 aromatic heterocycles. The Kier molecular flexibility index (Phi) is 5.96. The molecule has 0 saturated heterocycles. The Balaban J connectivity index is 2.46. The molecule has 0 saturated carbocycles. The van der Waals surface area contributed by atoms with E-state index < -0.39 is 0 Å². The van der Waals surface area contributed by atoms with Crippen LogP contribution in [0.25, 0.3) is 0 Å². The van der Waals surface area contributed by atoms with E-state index in [9.17, 15) is 0 Å². The van der Waals surface area contributed by atoms with Crippen molar-refractivity contribution >= 4 is 34.8 Å². The third-order valence-electron chi connectivity index (χ3n) is 2.68. The molecule has 3 heteroatoms. The van der Waals surface area contributed by atoms with Gasteiger partial charge in [-0.15, -0.1) is 11.6 Å². The molecule has 16 heavy (non-hydrogen) atoms. The zero-order valence-electron chi connectivity index (χ0n) is 9.64. The summed E-state index contributed by atoms with van der Waals surface area (Å²) in [5.74, 6) is 0.525. The van der Waals surface area contributed by atoms with E-state index in [0.717, 1.165) is 24.8 Å². The Labute approximate surface area is 113 Å². The van der Waals surface area contributed by atoms with Crippen molar-refractivity contribution in [2.24, 2.45) is 5.92 Å². The van der Waals surface area contributed by atoms with Gasteiger partial charge in [0.25, 0.3) is 0 Å². The lowest BCUT2D eigenvalue weighted by Gasteiger charge is -2.13. The lowest BCUT2D eigenvalue weighted by molar-refractivity contribution is 0.547. The van der Waals surface area contributed by atoms with Crippen LogP contribution >= 0.6 is 34.8 Å². The van der Waals surface area contributed by atoms with Crippen molar-refractivity contribution < 1.29 is 0 Å².